The number of nitrogens with one attached hydrogen (secondary N) is 1. The zero-order valence-corrected chi connectivity index (χ0v) is 17.7. The van der Waals surface area contributed by atoms with Crippen LogP contribution in [0.15, 0.2) is 52.7 Å². The number of thioether (sulfide) groups is 1. The molecule has 0 saturated heterocycles. The first-order valence-corrected chi connectivity index (χ1v) is 10.7. The van der Waals surface area contributed by atoms with Gasteiger partial charge in [-0.25, -0.2) is 0 Å². The number of halogens is 4. The van der Waals surface area contributed by atoms with Gasteiger partial charge in [0, 0.05) is 26.4 Å². The van der Waals surface area contributed by atoms with E-state index >= 15 is 0 Å². The Bertz CT molecular complexity index is 938. The van der Waals surface area contributed by atoms with E-state index in [4.69, 9.17) is 46.4 Å². The van der Waals surface area contributed by atoms with E-state index in [9.17, 15) is 4.79 Å². The van der Waals surface area contributed by atoms with Crippen molar-refractivity contribution in [2.45, 2.75) is 10.6 Å². The Kier molecular flexibility index (Phi) is 6.78. The van der Waals surface area contributed by atoms with Crippen LogP contribution in [0, 0.1) is 0 Å². The minimum atomic E-state index is -0.199. The Morgan fingerprint density at radius 1 is 0.962 bits per heavy atom. The Morgan fingerprint density at radius 3 is 2.38 bits per heavy atom. The number of rotatable bonds is 5. The summed E-state index contributed by atoms with van der Waals surface area (Å²) in [6, 6.07) is 12.4. The second-order valence-corrected chi connectivity index (χ2v) is 8.88. The zero-order chi connectivity index (χ0) is 18.7. The predicted octanol–water partition coefficient (Wildman–Crippen LogP) is 7.91. The first kappa shape index (κ1) is 19.9. The number of hydrogen-bond acceptors (Lipinski definition) is 3. The Morgan fingerprint density at radius 2 is 1.69 bits per heavy atom. The van der Waals surface area contributed by atoms with Crippen LogP contribution >= 0.6 is 69.5 Å². The number of benzene rings is 2. The lowest BCUT2D eigenvalue weighted by Gasteiger charge is -2.08. The number of carbonyl (C=O) groups excluding carboxylic acids is 1. The molecular weight excluding hydrogens is 452 g/mol. The fraction of sp³-hybridized carbons (Fsp3) is 0.0556. The largest absolute Gasteiger partial charge is 0.321 e. The molecule has 0 unspecified atom stereocenters. The molecule has 1 amide bonds. The molecule has 3 aromatic rings. The number of amides is 1. The van der Waals surface area contributed by atoms with Gasteiger partial charge in [-0.3, -0.25) is 4.79 Å². The Balaban J connectivity index is 1.71. The molecule has 8 heteroatoms. The highest BCUT2D eigenvalue weighted by atomic mass is 35.5. The maximum Gasteiger partial charge on any atom is 0.266 e. The second-order valence-electron chi connectivity index (χ2n) is 5.26. The topological polar surface area (TPSA) is 29.1 Å². The van der Waals surface area contributed by atoms with Crippen molar-refractivity contribution in [2.24, 2.45) is 0 Å². The van der Waals surface area contributed by atoms with E-state index in [1.807, 2.05) is 23.6 Å². The third kappa shape index (κ3) is 5.10. The van der Waals surface area contributed by atoms with Crippen LogP contribution in [0.2, 0.25) is 20.1 Å². The molecule has 134 valence electrons. The van der Waals surface area contributed by atoms with E-state index < -0.39 is 0 Å². The van der Waals surface area contributed by atoms with Crippen LogP contribution in [-0.2, 0) is 5.75 Å². The van der Waals surface area contributed by atoms with Crippen LogP contribution in [-0.4, -0.2) is 5.91 Å². The van der Waals surface area contributed by atoms with Crippen molar-refractivity contribution < 1.29 is 4.79 Å². The van der Waals surface area contributed by atoms with Gasteiger partial charge in [-0.1, -0.05) is 52.5 Å². The van der Waals surface area contributed by atoms with Crippen molar-refractivity contribution >= 4 is 81.1 Å². The molecule has 2 nitrogen and oxygen atoms in total. The van der Waals surface area contributed by atoms with Crippen LogP contribution in [0.3, 0.4) is 0 Å². The molecule has 0 aliphatic carbocycles. The summed E-state index contributed by atoms with van der Waals surface area (Å²) < 4.78 is 0. The fourth-order valence-corrected chi connectivity index (χ4v) is 5.01. The number of thiophene rings is 1. The minimum absolute atomic E-state index is 0.199. The van der Waals surface area contributed by atoms with E-state index in [0.29, 0.717) is 36.4 Å². The average Bonchev–Trinajstić information content (AvgIpc) is 3.03. The lowest BCUT2D eigenvalue weighted by Crippen LogP contribution is -2.11. The highest BCUT2D eigenvalue weighted by molar-refractivity contribution is 7.98. The third-order valence-electron chi connectivity index (χ3n) is 3.33. The number of carbonyl (C=O) groups is 1. The molecule has 0 saturated carbocycles. The minimum Gasteiger partial charge on any atom is -0.321 e. The van der Waals surface area contributed by atoms with Crippen molar-refractivity contribution in [3.8, 4) is 0 Å². The monoisotopic (exact) mass is 461 g/mol. The van der Waals surface area contributed by atoms with Crippen LogP contribution in [0.1, 0.15) is 15.2 Å². The number of hydrogen-bond donors (Lipinski definition) is 1. The summed E-state index contributed by atoms with van der Waals surface area (Å²) in [5.41, 5.74) is 1.59. The van der Waals surface area contributed by atoms with Crippen molar-refractivity contribution in [2.75, 3.05) is 5.32 Å². The van der Waals surface area contributed by atoms with Crippen LogP contribution in [0.5, 0.6) is 0 Å². The third-order valence-corrected chi connectivity index (χ3v) is 6.68. The van der Waals surface area contributed by atoms with Gasteiger partial charge in [0.15, 0.2) is 0 Å². The van der Waals surface area contributed by atoms with E-state index in [1.165, 1.54) is 11.3 Å². The van der Waals surface area contributed by atoms with Gasteiger partial charge in [0.1, 0.15) is 4.88 Å². The van der Waals surface area contributed by atoms with Gasteiger partial charge in [-0.15, -0.1) is 23.1 Å². The van der Waals surface area contributed by atoms with Gasteiger partial charge in [0.25, 0.3) is 5.91 Å². The Hall–Kier alpha value is -0.880. The van der Waals surface area contributed by atoms with Gasteiger partial charge < -0.3 is 5.32 Å². The molecule has 0 radical (unpaired) electrons. The molecule has 0 bridgehead atoms. The SMILES string of the molecule is O=C(Nc1cc(Cl)cc(Cl)c1)c1sccc1SCc1ccc(Cl)c(Cl)c1. The lowest BCUT2D eigenvalue weighted by molar-refractivity contribution is 0.102. The molecule has 1 N–H and O–H groups in total. The van der Waals surface area contributed by atoms with Crippen LogP contribution in [0.25, 0.3) is 0 Å². The van der Waals surface area contributed by atoms with Crippen molar-refractivity contribution in [3.05, 3.63) is 78.4 Å². The van der Waals surface area contributed by atoms with E-state index in [0.717, 1.165) is 10.5 Å². The van der Waals surface area contributed by atoms with E-state index in [-0.39, 0.29) is 5.91 Å². The van der Waals surface area contributed by atoms with Crippen LogP contribution < -0.4 is 5.32 Å². The van der Waals surface area contributed by atoms with E-state index in [1.54, 1.807) is 36.0 Å². The Labute approximate surface area is 179 Å². The van der Waals surface area contributed by atoms with Gasteiger partial charge in [-0.2, -0.15) is 0 Å². The summed E-state index contributed by atoms with van der Waals surface area (Å²) in [5.74, 6) is 0.478. The maximum atomic E-state index is 12.6. The maximum absolute atomic E-state index is 12.6. The lowest BCUT2D eigenvalue weighted by atomic mass is 10.2. The molecular formula is C18H11Cl4NOS2. The normalized spacial score (nSPS) is 10.8. The van der Waals surface area contributed by atoms with Crippen molar-refractivity contribution in [3.63, 3.8) is 0 Å². The average molecular weight is 463 g/mol. The first-order valence-electron chi connectivity index (χ1n) is 7.34. The second kappa shape index (κ2) is 8.87. The molecule has 26 heavy (non-hydrogen) atoms. The standard InChI is InChI=1S/C18H11Cl4NOS2/c19-11-6-12(20)8-13(7-11)23-18(24)17-16(3-4-25-17)26-9-10-1-2-14(21)15(22)5-10/h1-8H,9H2,(H,23,24). The molecule has 2 aromatic carbocycles. The van der Waals surface area contributed by atoms with Crippen LogP contribution in [0.4, 0.5) is 5.69 Å². The highest BCUT2D eigenvalue weighted by Crippen LogP contribution is 2.33. The molecule has 0 atom stereocenters. The number of anilines is 1. The molecule has 0 aliphatic heterocycles. The van der Waals surface area contributed by atoms with Gasteiger partial charge in [0.2, 0.25) is 0 Å². The smallest absolute Gasteiger partial charge is 0.266 e. The van der Waals surface area contributed by atoms with Crippen molar-refractivity contribution in [1.82, 2.24) is 0 Å². The molecule has 0 spiro atoms. The van der Waals surface area contributed by atoms with Gasteiger partial charge >= 0.3 is 0 Å². The summed E-state index contributed by atoms with van der Waals surface area (Å²) in [6.45, 7) is 0. The summed E-state index contributed by atoms with van der Waals surface area (Å²) in [6.07, 6.45) is 0. The molecule has 0 aliphatic rings. The summed E-state index contributed by atoms with van der Waals surface area (Å²) in [5, 5.41) is 6.69. The van der Waals surface area contributed by atoms with Gasteiger partial charge in [0.05, 0.1) is 10.0 Å². The highest BCUT2D eigenvalue weighted by Gasteiger charge is 2.15. The van der Waals surface area contributed by atoms with Crippen molar-refractivity contribution in [1.29, 1.82) is 0 Å². The van der Waals surface area contributed by atoms with E-state index in [2.05, 4.69) is 5.32 Å². The fourth-order valence-electron chi connectivity index (χ4n) is 2.18. The molecule has 0 fully saturated rings. The molecule has 1 heterocycles. The molecule has 1 aromatic heterocycles. The summed E-state index contributed by atoms with van der Waals surface area (Å²) in [7, 11) is 0. The molecule has 3 rings (SSSR count). The summed E-state index contributed by atoms with van der Waals surface area (Å²) >= 11 is 26.9. The van der Waals surface area contributed by atoms with Gasteiger partial charge in [-0.05, 0) is 47.3 Å². The summed E-state index contributed by atoms with van der Waals surface area (Å²) in [4.78, 5) is 14.1. The zero-order valence-electron chi connectivity index (χ0n) is 13.1. The quantitative estimate of drug-likeness (QED) is 0.390. The predicted molar refractivity (Wildman–Crippen MR) is 115 cm³/mol. The first-order chi connectivity index (χ1) is 12.4.